The zero-order valence-electron chi connectivity index (χ0n) is 7.58. The first kappa shape index (κ1) is 9.01. The Kier molecular flexibility index (Phi) is 3.34. The molecule has 1 aliphatic rings. The van der Waals surface area contributed by atoms with Crippen LogP contribution in [0.25, 0.3) is 0 Å². The molecule has 0 heterocycles. The van der Waals surface area contributed by atoms with Crippen molar-refractivity contribution in [2.24, 2.45) is 5.92 Å². The van der Waals surface area contributed by atoms with Crippen LogP contribution in [0.15, 0.2) is 0 Å². The Hall–Kier alpha value is -0.0800. The van der Waals surface area contributed by atoms with Crippen molar-refractivity contribution in [1.29, 1.82) is 0 Å². The van der Waals surface area contributed by atoms with Crippen molar-refractivity contribution in [1.82, 2.24) is 4.90 Å². The summed E-state index contributed by atoms with van der Waals surface area (Å²) in [5.41, 5.74) is 0. The minimum atomic E-state index is 0.389. The average molecular weight is 157 g/mol. The van der Waals surface area contributed by atoms with Gasteiger partial charge in [0.2, 0.25) is 0 Å². The molecule has 0 aromatic heterocycles. The van der Waals surface area contributed by atoms with E-state index in [1.165, 1.54) is 25.7 Å². The Morgan fingerprint density at radius 3 is 2.09 bits per heavy atom. The van der Waals surface area contributed by atoms with Crippen molar-refractivity contribution in [3.05, 3.63) is 0 Å². The van der Waals surface area contributed by atoms with E-state index in [1.54, 1.807) is 0 Å². The molecule has 0 saturated heterocycles. The van der Waals surface area contributed by atoms with E-state index in [4.69, 9.17) is 5.11 Å². The summed E-state index contributed by atoms with van der Waals surface area (Å²) in [6.45, 7) is 0.389. The maximum Gasteiger partial charge on any atom is 0.0459 e. The van der Waals surface area contributed by atoms with Crippen molar-refractivity contribution >= 4 is 0 Å². The third-order valence-corrected chi connectivity index (χ3v) is 2.80. The van der Waals surface area contributed by atoms with Gasteiger partial charge in [-0.3, -0.25) is 0 Å². The van der Waals surface area contributed by atoms with Crippen LogP contribution in [-0.4, -0.2) is 36.8 Å². The Balaban J connectivity index is 2.24. The summed E-state index contributed by atoms with van der Waals surface area (Å²) >= 11 is 0. The highest BCUT2D eigenvalue weighted by Gasteiger charge is 2.21. The molecule has 11 heavy (non-hydrogen) atoms. The fraction of sp³-hybridized carbons (Fsp3) is 1.00. The normalized spacial score (nSPS) is 32.7. The molecule has 1 aliphatic carbocycles. The molecule has 0 bridgehead atoms. The first-order chi connectivity index (χ1) is 5.24. The predicted molar refractivity (Wildman–Crippen MR) is 46.5 cm³/mol. The van der Waals surface area contributed by atoms with E-state index in [1.807, 2.05) is 0 Å². The smallest absolute Gasteiger partial charge is 0.0459 e. The van der Waals surface area contributed by atoms with Crippen LogP contribution >= 0.6 is 0 Å². The van der Waals surface area contributed by atoms with Gasteiger partial charge in [0.1, 0.15) is 0 Å². The second-order valence-electron chi connectivity index (χ2n) is 3.82. The van der Waals surface area contributed by atoms with Gasteiger partial charge in [0.05, 0.1) is 0 Å². The summed E-state index contributed by atoms with van der Waals surface area (Å²) < 4.78 is 0. The number of aliphatic hydroxyl groups excluding tert-OH is 1. The molecule has 0 aromatic carbocycles. The molecular weight excluding hydrogens is 138 g/mol. The minimum Gasteiger partial charge on any atom is -0.396 e. The second kappa shape index (κ2) is 4.07. The highest BCUT2D eigenvalue weighted by Crippen LogP contribution is 2.25. The molecule has 1 saturated carbocycles. The fourth-order valence-corrected chi connectivity index (χ4v) is 1.84. The summed E-state index contributed by atoms with van der Waals surface area (Å²) in [5, 5.41) is 8.90. The average Bonchev–Trinajstić information content (AvgIpc) is 2.05. The van der Waals surface area contributed by atoms with Gasteiger partial charge in [-0.2, -0.15) is 0 Å². The first-order valence-electron chi connectivity index (χ1n) is 4.51. The van der Waals surface area contributed by atoms with Gasteiger partial charge >= 0.3 is 0 Å². The van der Waals surface area contributed by atoms with Gasteiger partial charge in [-0.1, -0.05) is 0 Å². The number of aliphatic hydroxyl groups is 1. The van der Waals surface area contributed by atoms with Crippen LogP contribution in [-0.2, 0) is 0 Å². The minimum absolute atomic E-state index is 0.389. The lowest BCUT2D eigenvalue weighted by molar-refractivity contribution is 0.141. The SMILES string of the molecule is CN(C)C1CCC(CO)CC1. The molecule has 0 unspecified atom stereocenters. The Morgan fingerprint density at radius 2 is 1.73 bits per heavy atom. The maximum atomic E-state index is 8.90. The van der Waals surface area contributed by atoms with Crippen molar-refractivity contribution in [2.75, 3.05) is 20.7 Å². The van der Waals surface area contributed by atoms with Gasteiger partial charge in [-0.25, -0.2) is 0 Å². The van der Waals surface area contributed by atoms with Crippen molar-refractivity contribution < 1.29 is 5.11 Å². The molecule has 1 fully saturated rings. The summed E-state index contributed by atoms with van der Waals surface area (Å²) in [6, 6.07) is 0.762. The Bertz CT molecular complexity index is 106. The van der Waals surface area contributed by atoms with Crippen LogP contribution < -0.4 is 0 Å². The van der Waals surface area contributed by atoms with Gasteiger partial charge in [-0.15, -0.1) is 0 Å². The zero-order valence-corrected chi connectivity index (χ0v) is 7.58. The van der Waals surface area contributed by atoms with Crippen molar-refractivity contribution in [3.8, 4) is 0 Å². The molecule has 0 amide bonds. The molecule has 0 aliphatic heterocycles. The zero-order chi connectivity index (χ0) is 8.27. The fourth-order valence-electron chi connectivity index (χ4n) is 1.84. The molecule has 0 aromatic rings. The first-order valence-corrected chi connectivity index (χ1v) is 4.51. The molecule has 2 nitrogen and oxygen atoms in total. The van der Waals surface area contributed by atoms with Crippen LogP contribution in [0, 0.1) is 5.92 Å². The second-order valence-corrected chi connectivity index (χ2v) is 3.82. The third-order valence-electron chi connectivity index (χ3n) is 2.80. The molecule has 0 spiro atoms. The number of hydrogen-bond acceptors (Lipinski definition) is 2. The third kappa shape index (κ3) is 2.46. The number of rotatable bonds is 2. The Labute approximate surface area is 69.2 Å². The van der Waals surface area contributed by atoms with E-state index in [2.05, 4.69) is 19.0 Å². The molecule has 0 atom stereocenters. The van der Waals surface area contributed by atoms with Crippen LogP contribution in [0.4, 0.5) is 0 Å². The van der Waals surface area contributed by atoms with Gasteiger partial charge in [-0.05, 0) is 45.7 Å². The summed E-state index contributed by atoms with van der Waals surface area (Å²) in [7, 11) is 4.29. The summed E-state index contributed by atoms with van der Waals surface area (Å²) in [6.07, 6.45) is 4.94. The lowest BCUT2D eigenvalue weighted by Gasteiger charge is -2.31. The van der Waals surface area contributed by atoms with E-state index in [0.717, 1.165) is 6.04 Å². The van der Waals surface area contributed by atoms with Gasteiger partial charge in [0.25, 0.3) is 0 Å². The highest BCUT2D eigenvalue weighted by atomic mass is 16.3. The lowest BCUT2D eigenvalue weighted by Crippen LogP contribution is -2.32. The van der Waals surface area contributed by atoms with Gasteiger partial charge < -0.3 is 10.0 Å². The van der Waals surface area contributed by atoms with E-state index in [-0.39, 0.29) is 0 Å². The van der Waals surface area contributed by atoms with Crippen LogP contribution in [0.3, 0.4) is 0 Å². The van der Waals surface area contributed by atoms with E-state index < -0.39 is 0 Å². The quantitative estimate of drug-likeness (QED) is 0.649. The predicted octanol–water partition coefficient (Wildman–Crippen LogP) is 1.10. The van der Waals surface area contributed by atoms with Crippen LogP contribution in [0.5, 0.6) is 0 Å². The summed E-state index contributed by atoms with van der Waals surface area (Å²) in [5.74, 6) is 0.589. The lowest BCUT2D eigenvalue weighted by atomic mass is 9.86. The van der Waals surface area contributed by atoms with Gasteiger partial charge in [0.15, 0.2) is 0 Å². The number of hydrogen-bond donors (Lipinski definition) is 1. The molecule has 0 radical (unpaired) electrons. The highest BCUT2D eigenvalue weighted by molar-refractivity contribution is 4.76. The maximum absolute atomic E-state index is 8.90. The van der Waals surface area contributed by atoms with E-state index >= 15 is 0 Å². The standard InChI is InChI=1S/C9H19NO/c1-10(2)9-5-3-8(7-11)4-6-9/h8-9,11H,3-7H2,1-2H3. The number of nitrogens with zero attached hydrogens (tertiary/aromatic N) is 1. The monoisotopic (exact) mass is 157 g/mol. The summed E-state index contributed by atoms with van der Waals surface area (Å²) in [4.78, 5) is 2.30. The van der Waals surface area contributed by atoms with Crippen molar-refractivity contribution in [2.45, 2.75) is 31.7 Å². The molecule has 66 valence electrons. The topological polar surface area (TPSA) is 23.5 Å². The molecule has 2 heteroatoms. The van der Waals surface area contributed by atoms with E-state index in [0.29, 0.717) is 12.5 Å². The molecule has 1 rings (SSSR count). The largest absolute Gasteiger partial charge is 0.396 e. The molecule has 1 N–H and O–H groups in total. The van der Waals surface area contributed by atoms with Crippen molar-refractivity contribution in [3.63, 3.8) is 0 Å². The van der Waals surface area contributed by atoms with E-state index in [9.17, 15) is 0 Å². The van der Waals surface area contributed by atoms with Gasteiger partial charge in [0, 0.05) is 12.6 Å². The Morgan fingerprint density at radius 1 is 1.18 bits per heavy atom. The van der Waals surface area contributed by atoms with Crippen LogP contribution in [0.1, 0.15) is 25.7 Å². The molecular formula is C9H19NO. The van der Waals surface area contributed by atoms with Crippen LogP contribution in [0.2, 0.25) is 0 Å².